The molecule has 0 bridgehead atoms. The van der Waals surface area contributed by atoms with Gasteiger partial charge in [0.25, 0.3) is 0 Å². The van der Waals surface area contributed by atoms with Gasteiger partial charge >= 0.3 is 0 Å². The number of likely N-dealkylation sites (N-methyl/N-ethyl adjacent to an activating group) is 1. The molecule has 2 fully saturated rings. The van der Waals surface area contributed by atoms with Gasteiger partial charge in [-0.15, -0.1) is 12.6 Å². The normalized spacial score (nSPS) is 26.9. The Kier molecular flexibility index (Phi) is 6.86. The van der Waals surface area contributed by atoms with Crippen LogP contribution < -0.4 is 5.32 Å². The van der Waals surface area contributed by atoms with E-state index in [9.17, 15) is 15.3 Å². The molecule has 1 atom stereocenters. The van der Waals surface area contributed by atoms with Crippen LogP contribution in [0.5, 0.6) is 0 Å². The van der Waals surface area contributed by atoms with Gasteiger partial charge in [-0.1, -0.05) is 0 Å². The van der Waals surface area contributed by atoms with Crippen LogP contribution in [0.25, 0.3) is 0 Å². The lowest BCUT2D eigenvalue weighted by Gasteiger charge is -2.45. The number of piperidine rings is 1. The largest absolute Gasteiger partial charge is 0.379 e. The van der Waals surface area contributed by atoms with Crippen LogP contribution in [0.2, 0.25) is 0 Å². The molecule has 0 aromatic carbocycles. The molecule has 0 radical (unpaired) electrons. The maximum absolute atomic E-state index is 11.9. The summed E-state index contributed by atoms with van der Waals surface area (Å²) in [5.41, 5.74) is -0.208. The first-order valence-corrected chi connectivity index (χ1v) is 8.88. The molecule has 1 unspecified atom stereocenters. The van der Waals surface area contributed by atoms with Gasteiger partial charge in [-0.25, -0.2) is 0 Å². The molecule has 1 amide bonds. The molecule has 136 valence electrons. The minimum absolute atomic E-state index is 0.304. The van der Waals surface area contributed by atoms with Crippen LogP contribution in [0.3, 0.4) is 0 Å². The molecule has 0 aromatic rings. The lowest BCUT2D eigenvalue weighted by atomic mass is 9.63. The first-order valence-electron chi connectivity index (χ1n) is 8.43. The van der Waals surface area contributed by atoms with Crippen molar-refractivity contribution in [3.63, 3.8) is 0 Å². The molecule has 0 aromatic heterocycles. The molecule has 25 heavy (non-hydrogen) atoms. The fourth-order valence-corrected chi connectivity index (χ4v) is 3.82. The lowest BCUT2D eigenvalue weighted by molar-refractivity contribution is -0.127. The summed E-state index contributed by atoms with van der Waals surface area (Å²) in [6.45, 7) is 5.57. The fourth-order valence-electron chi connectivity index (χ4n) is 3.44. The molecule has 3 aliphatic rings. The Balaban J connectivity index is 0.000000269. The standard InChI is InChI=1S/C12H14N4OS.C5H11NO/c1-16-4-2-12(3-5-16)8(6-13)10(17)15-11(18)9(12)7-14;1-6-2-4-7-5-3-6/h8,18H,2-5H2,1H3,(H,15,17);2-5H2,1H3. The topological polar surface area (TPSA) is 92.4 Å². The van der Waals surface area contributed by atoms with Gasteiger partial charge in [-0.2, -0.15) is 10.5 Å². The van der Waals surface area contributed by atoms with E-state index in [1.165, 1.54) is 0 Å². The van der Waals surface area contributed by atoms with E-state index in [2.05, 4.69) is 46.9 Å². The smallest absolute Gasteiger partial charge is 0.243 e. The Morgan fingerprint density at radius 3 is 2.16 bits per heavy atom. The van der Waals surface area contributed by atoms with Crippen LogP contribution in [0.1, 0.15) is 12.8 Å². The Hall–Kier alpha value is -1.58. The summed E-state index contributed by atoms with van der Waals surface area (Å²) < 4.78 is 5.10. The Morgan fingerprint density at radius 2 is 1.72 bits per heavy atom. The van der Waals surface area contributed by atoms with E-state index in [0.717, 1.165) is 39.4 Å². The molecule has 7 nitrogen and oxygen atoms in total. The van der Waals surface area contributed by atoms with Gasteiger partial charge in [0.2, 0.25) is 5.91 Å². The fraction of sp³-hybridized carbons (Fsp3) is 0.706. The molecule has 2 saturated heterocycles. The Bertz CT molecular complexity index is 608. The highest BCUT2D eigenvalue weighted by Crippen LogP contribution is 2.48. The number of ether oxygens (including phenoxy) is 1. The molecule has 3 aliphatic heterocycles. The maximum Gasteiger partial charge on any atom is 0.243 e. The Labute approximate surface area is 154 Å². The highest BCUT2D eigenvalue weighted by atomic mass is 32.1. The van der Waals surface area contributed by atoms with Gasteiger partial charge in [0.1, 0.15) is 5.92 Å². The number of nitrogens with one attached hydrogen (secondary N) is 1. The minimum atomic E-state index is -0.795. The number of morpholine rings is 1. The van der Waals surface area contributed by atoms with Crippen LogP contribution in [-0.4, -0.2) is 69.2 Å². The molecule has 8 heteroatoms. The monoisotopic (exact) mass is 363 g/mol. The van der Waals surface area contributed by atoms with E-state index >= 15 is 0 Å². The summed E-state index contributed by atoms with van der Waals surface area (Å²) in [6.07, 6.45) is 1.28. The van der Waals surface area contributed by atoms with Gasteiger partial charge in [0, 0.05) is 18.5 Å². The van der Waals surface area contributed by atoms with Crippen LogP contribution in [0, 0.1) is 34.0 Å². The highest BCUT2D eigenvalue weighted by Gasteiger charge is 2.51. The molecule has 0 aliphatic carbocycles. The summed E-state index contributed by atoms with van der Waals surface area (Å²) in [5, 5.41) is 21.4. The van der Waals surface area contributed by atoms with E-state index in [1.54, 1.807) is 0 Å². The van der Waals surface area contributed by atoms with Crippen LogP contribution >= 0.6 is 12.6 Å². The quantitative estimate of drug-likeness (QED) is 0.612. The SMILES string of the molecule is CN1CCC2(CC1)C(C#N)=C(S)NC(=O)C2C#N.CN1CCOCC1. The molecule has 1 N–H and O–H groups in total. The predicted molar refractivity (Wildman–Crippen MR) is 96.4 cm³/mol. The predicted octanol–water partition coefficient (Wildman–Crippen LogP) is 0.581. The lowest BCUT2D eigenvalue weighted by Crippen LogP contribution is -2.51. The van der Waals surface area contributed by atoms with E-state index in [-0.39, 0.29) is 5.91 Å². The first-order chi connectivity index (χ1) is 11.9. The van der Waals surface area contributed by atoms with Crippen molar-refractivity contribution in [2.45, 2.75) is 12.8 Å². The number of carbonyl (C=O) groups excluding carboxylic acids is 1. The second kappa shape index (κ2) is 8.68. The number of hydrogen-bond donors (Lipinski definition) is 2. The highest BCUT2D eigenvalue weighted by molar-refractivity contribution is 7.84. The zero-order valence-corrected chi connectivity index (χ0v) is 15.7. The number of nitriles is 2. The van der Waals surface area contributed by atoms with Crippen molar-refractivity contribution < 1.29 is 9.53 Å². The van der Waals surface area contributed by atoms with Gasteiger partial charge < -0.3 is 19.9 Å². The summed E-state index contributed by atoms with van der Waals surface area (Å²) in [6, 6.07) is 4.20. The van der Waals surface area contributed by atoms with Gasteiger partial charge in [0.05, 0.1) is 36.0 Å². The number of nitrogens with zero attached hydrogens (tertiary/aromatic N) is 4. The number of thiol groups is 1. The maximum atomic E-state index is 11.9. The van der Waals surface area contributed by atoms with Gasteiger partial charge in [0.15, 0.2) is 0 Å². The minimum Gasteiger partial charge on any atom is -0.379 e. The molecule has 3 heterocycles. The second-order valence-electron chi connectivity index (χ2n) is 6.76. The van der Waals surface area contributed by atoms with Crippen molar-refractivity contribution >= 4 is 18.5 Å². The summed E-state index contributed by atoms with van der Waals surface area (Å²) in [5.74, 6) is -1.14. The average molecular weight is 363 g/mol. The van der Waals surface area contributed by atoms with Crippen molar-refractivity contribution in [2.75, 3.05) is 53.5 Å². The number of rotatable bonds is 0. The number of carbonyl (C=O) groups is 1. The first kappa shape index (κ1) is 19.7. The van der Waals surface area contributed by atoms with Crippen LogP contribution in [0.4, 0.5) is 0 Å². The third-order valence-electron chi connectivity index (χ3n) is 5.15. The summed E-state index contributed by atoms with van der Waals surface area (Å²) in [4.78, 5) is 16.3. The van der Waals surface area contributed by atoms with Crippen molar-refractivity contribution in [1.82, 2.24) is 15.1 Å². The molecular formula is C17H25N5O2S. The van der Waals surface area contributed by atoms with E-state index in [1.807, 2.05) is 7.05 Å². The van der Waals surface area contributed by atoms with E-state index in [4.69, 9.17) is 4.74 Å². The average Bonchev–Trinajstić information content (AvgIpc) is 2.59. The van der Waals surface area contributed by atoms with Crippen molar-refractivity contribution in [2.24, 2.45) is 11.3 Å². The molecule has 0 saturated carbocycles. The summed E-state index contributed by atoms with van der Waals surface area (Å²) >= 11 is 4.18. The molecule has 3 rings (SSSR count). The number of allylic oxidation sites excluding steroid dienone is 1. The van der Waals surface area contributed by atoms with Crippen LogP contribution in [0.15, 0.2) is 10.6 Å². The van der Waals surface area contributed by atoms with E-state index < -0.39 is 11.3 Å². The zero-order chi connectivity index (χ0) is 18.4. The third kappa shape index (κ3) is 4.34. The number of amides is 1. The number of likely N-dealkylation sites (tertiary alicyclic amines) is 1. The van der Waals surface area contributed by atoms with Gasteiger partial charge in [-0.3, -0.25) is 4.79 Å². The molecular weight excluding hydrogens is 338 g/mol. The zero-order valence-electron chi connectivity index (χ0n) is 14.8. The van der Waals surface area contributed by atoms with Crippen molar-refractivity contribution in [3.8, 4) is 12.1 Å². The van der Waals surface area contributed by atoms with Crippen LogP contribution in [-0.2, 0) is 9.53 Å². The molecule has 1 spiro atoms. The third-order valence-corrected chi connectivity index (χ3v) is 5.48. The second-order valence-corrected chi connectivity index (χ2v) is 7.21. The van der Waals surface area contributed by atoms with Crippen molar-refractivity contribution in [1.29, 1.82) is 10.5 Å². The van der Waals surface area contributed by atoms with Gasteiger partial charge in [-0.05, 0) is 40.0 Å². The van der Waals surface area contributed by atoms with E-state index in [0.29, 0.717) is 23.4 Å². The number of hydrogen-bond acceptors (Lipinski definition) is 7. The Morgan fingerprint density at radius 1 is 1.16 bits per heavy atom. The van der Waals surface area contributed by atoms with Crippen molar-refractivity contribution in [3.05, 3.63) is 10.6 Å². The summed E-state index contributed by atoms with van der Waals surface area (Å²) in [7, 11) is 4.11.